The molecular formula is C18H23NO4. The van der Waals surface area contributed by atoms with E-state index in [1.165, 1.54) is 7.11 Å². The van der Waals surface area contributed by atoms with Crippen LogP contribution in [0.2, 0.25) is 0 Å². The first kappa shape index (κ1) is 17.1. The van der Waals surface area contributed by atoms with Crippen molar-refractivity contribution < 1.29 is 18.7 Å². The van der Waals surface area contributed by atoms with Gasteiger partial charge in [0.15, 0.2) is 0 Å². The highest BCUT2D eigenvalue weighted by atomic mass is 16.5. The molecular weight excluding hydrogens is 294 g/mol. The quantitative estimate of drug-likeness (QED) is 0.832. The SMILES string of the molecule is COC(=O)[C@@H](CC(C)C)NC(=O)Cc1coc2cc(C)ccc12. The third-order valence-electron chi connectivity index (χ3n) is 3.69. The molecule has 23 heavy (non-hydrogen) atoms. The first-order valence-corrected chi connectivity index (χ1v) is 7.74. The molecule has 0 saturated heterocycles. The minimum Gasteiger partial charge on any atom is -0.467 e. The number of fused-ring (bicyclic) bond motifs is 1. The van der Waals surface area contributed by atoms with E-state index < -0.39 is 12.0 Å². The average molecular weight is 317 g/mol. The number of ether oxygens (including phenoxy) is 1. The molecule has 0 aliphatic carbocycles. The lowest BCUT2D eigenvalue weighted by molar-refractivity contribution is -0.145. The molecule has 5 nitrogen and oxygen atoms in total. The van der Waals surface area contributed by atoms with E-state index >= 15 is 0 Å². The maximum Gasteiger partial charge on any atom is 0.328 e. The smallest absolute Gasteiger partial charge is 0.328 e. The fourth-order valence-electron chi connectivity index (χ4n) is 2.57. The van der Waals surface area contributed by atoms with Crippen LogP contribution >= 0.6 is 0 Å². The molecule has 0 aliphatic heterocycles. The number of esters is 1. The number of hydrogen-bond acceptors (Lipinski definition) is 4. The first-order valence-electron chi connectivity index (χ1n) is 7.74. The van der Waals surface area contributed by atoms with E-state index in [2.05, 4.69) is 5.32 Å². The summed E-state index contributed by atoms with van der Waals surface area (Å²) in [7, 11) is 1.33. The van der Waals surface area contributed by atoms with Crippen LogP contribution in [0.15, 0.2) is 28.9 Å². The Labute approximate surface area is 136 Å². The van der Waals surface area contributed by atoms with Crippen LogP contribution < -0.4 is 5.32 Å². The van der Waals surface area contributed by atoms with Crippen molar-refractivity contribution in [2.24, 2.45) is 5.92 Å². The van der Waals surface area contributed by atoms with E-state index in [1.807, 2.05) is 39.0 Å². The minimum atomic E-state index is -0.618. The molecule has 1 atom stereocenters. The van der Waals surface area contributed by atoms with Crippen LogP contribution in [0.4, 0.5) is 0 Å². The van der Waals surface area contributed by atoms with E-state index in [0.29, 0.717) is 6.42 Å². The maximum atomic E-state index is 12.3. The second kappa shape index (κ2) is 7.31. The van der Waals surface area contributed by atoms with E-state index in [0.717, 1.165) is 22.1 Å². The Morgan fingerprint density at radius 3 is 2.70 bits per heavy atom. The van der Waals surface area contributed by atoms with Crippen LogP contribution in [0, 0.1) is 12.8 Å². The summed E-state index contributed by atoms with van der Waals surface area (Å²) in [4.78, 5) is 24.1. The van der Waals surface area contributed by atoms with Crippen LogP contribution in [-0.4, -0.2) is 25.0 Å². The van der Waals surface area contributed by atoms with Crippen molar-refractivity contribution in [3.05, 3.63) is 35.6 Å². The topological polar surface area (TPSA) is 68.5 Å². The standard InChI is InChI=1S/C18H23NO4/c1-11(2)7-15(18(21)22-4)19-17(20)9-13-10-23-16-8-12(3)5-6-14(13)16/h5-6,8,10-11,15H,7,9H2,1-4H3,(H,19,20)/t15-/m1/s1. The molecule has 1 aromatic carbocycles. The Bertz CT molecular complexity index is 702. The number of benzene rings is 1. The molecule has 1 amide bonds. The molecule has 0 bridgehead atoms. The summed E-state index contributed by atoms with van der Waals surface area (Å²) < 4.78 is 10.3. The lowest BCUT2D eigenvalue weighted by atomic mass is 10.0. The lowest BCUT2D eigenvalue weighted by Crippen LogP contribution is -2.43. The number of furan rings is 1. The van der Waals surface area contributed by atoms with Gasteiger partial charge in [-0.2, -0.15) is 0 Å². The van der Waals surface area contributed by atoms with Gasteiger partial charge in [-0.25, -0.2) is 4.79 Å². The fraction of sp³-hybridized carbons (Fsp3) is 0.444. The summed E-state index contributed by atoms with van der Waals surface area (Å²) in [6.45, 7) is 5.98. The number of carbonyl (C=O) groups is 2. The number of nitrogens with one attached hydrogen (secondary N) is 1. The highest BCUT2D eigenvalue weighted by molar-refractivity contribution is 5.90. The molecule has 0 aliphatic rings. The average Bonchev–Trinajstić information content (AvgIpc) is 2.87. The van der Waals surface area contributed by atoms with Gasteiger partial charge in [-0.3, -0.25) is 4.79 Å². The van der Waals surface area contributed by atoms with Gasteiger partial charge in [-0.15, -0.1) is 0 Å². The van der Waals surface area contributed by atoms with Crippen LogP contribution in [0.5, 0.6) is 0 Å². The van der Waals surface area contributed by atoms with Crippen LogP contribution in [0.3, 0.4) is 0 Å². The Balaban J connectivity index is 2.08. The summed E-state index contributed by atoms with van der Waals surface area (Å²) in [5.41, 5.74) is 2.68. The molecule has 2 aromatic rings. The normalized spacial score (nSPS) is 12.4. The largest absolute Gasteiger partial charge is 0.467 e. The molecule has 0 fully saturated rings. The highest BCUT2D eigenvalue weighted by Crippen LogP contribution is 2.22. The molecule has 2 rings (SSSR count). The lowest BCUT2D eigenvalue weighted by Gasteiger charge is -2.18. The summed E-state index contributed by atoms with van der Waals surface area (Å²) in [6.07, 6.45) is 2.31. The van der Waals surface area contributed by atoms with Gasteiger partial charge in [-0.05, 0) is 30.9 Å². The molecule has 1 aromatic heterocycles. The predicted octanol–water partition coefficient (Wildman–Crippen LogP) is 2.99. The van der Waals surface area contributed by atoms with Crippen LogP contribution in [-0.2, 0) is 20.7 Å². The number of amides is 1. The summed E-state index contributed by atoms with van der Waals surface area (Å²) in [5, 5.41) is 3.68. The second-order valence-electron chi connectivity index (χ2n) is 6.21. The third-order valence-corrected chi connectivity index (χ3v) is 3.69. The number of carbonyl (C=O) groups excluding carboxylic acids is 2. The molecule has 0 saturated carbocycles. The van der Waals surface area contributed by atoms with Crippen molar-refractivity contribution in [3.8, 4) is 0 Å². The zero-order valence-corrected chi connectivity index (χ0v) is 14.0. The molecule has 0 unspecified atom stereocenters. The number of methoxy groups -OCH3 is 1. The number of hydrogen-bond donors (Lipinski definition) is 1. The summed E-state index contributed by atoms with van der Waals surface area (Å²) in [6, 6.07) is 5.25. The Morgan fingerprint density at radius 2 is 2.04 bits per heavy atom. The summed E-state index contributed by atoms with van der Waals surface area (Å²) in [5.74, 6) is -0.360. The van der Waals surface area contributed by atoms with Gasteiger partial charge in [0.1, 0.15) is 11.6 Å². The fourth-order valence-corrected chi connectivity index (χ4v) is 2.57. The Morgan fingerprint density at radius 1 is 1.30 bits per heavy atom. The van der Waals surface area contributed by atoms with Crippen molar-refractivity contribution in [1.82, 2.24) is 5.32 Å². The predicted molar refractivity (Wildman–Crippen MR) is 88.1 cm³/mol. The summed E-state index contributed by atoms with van der Waals surface area (Å²) >= 11 is 0. The van der Waals surface area contributed by atoms with Crippen molar-refractivity contribution in [2.75, 3.05) is 7.11 Å². The molecule has 1 N–H and O–H groups in total. The van der Waals surface area contributed by atoms with E-state index in [1.54, 1.807) is 6.26 Å². The van der Waals surface area contributed by atoms with Crippen molar-refractivity contribution >= 4 is 22.8 Å². The van der Waals surface area contributed by atoms with Gasteiger partial charge in [-0.1, -0.05) is 26.0 Å². The van der Waals surface area contributed by atoms with Gasteiger partial charge in [0, 0.05) is 10.9 Å². The molecule has 124 valence electrons. The molecule has 0 spiro atoms. The molecule has 1 heterocycles. The third kappa shape index (κ3) is 4.34. The van der Waals surface area contributed by atoms with Gasteiger partial charge >= 0.3 is 5.97 Å². The van der Waals surface area contributed by atoms with E-state index in [9.17, 15) is 9.59 Å². The molecule has 0 radical (unpaired) electrons. The van der Waals surface area contributed by atoms with Crippen molar-refractivity contribution in [2.45, 2.75) is 39.7 Å². The number of rotatable bonds is 6. The highest BCUT2D eigenvalue weighted by Gasteiger charge is 2.23. The van der Waals surface area contributed by atoms with Gasteiger partial charge in [0.05, 0.1) is 19.8 Å². The van der Waals surface area contributed by atoms with Crippen LogP contribution in [0.1, 0.15) is 31.4 Å². The van der Waals surface area contributed by atoms with Crippen molar-refractivity contribution in [1.29, 1.82) is 0 Å². The monoisotopic (exact) mass is 317 g/mol. The van der Waals surface area contributed by atoms with Gasteiger partial charge in [0.25, 0.3) is 0 Å². The maximum absolute atomic E-state index is 12.3. The zero-order chi connectivity index (χ0) is 17.0. The van der Waals surface area contributed by atoms with E-state index in [4.69, 9.17) is 9.15 Å². The Kier molecular flexibility index (Phi) is 5.42. The van der Waals surface area contributed by atoms with Crippen molar-refractivity contribution in [3.63, 3.8) is 0 Å². The van der Waals surface area contributed by atoms with Gasteiger partial charge in [0.2, 0.25) is 5.91 Å². The first-order chi connectivity index (χ1) is 10.9. The minimum absolute atomic E-state index is 0.168. The van der Waals surface area contributed by atoms with Crippen LogP contribution in [0.25, 0.3) is 11.0 Å². The Hall–Kier alpha value is -2.30. The van der Waals surface area contributed by atoms with Gasteiger partial charge < -0.3 is 14.5 Å². The second-order valence-corrected chi connectivity index (χ2v) is 6.21. The number of aryl methyl sites for hydroxylation is 1. The van der Waals surface area contributed by atoms with E-state index in [-0.39, 0.29) is 18.2 Å². The zero-order valence-electron chi connectivity index (χ0n) is 14.0. The molecule has 5 heteroatoms.